The van der Waals surface area contributed by atoms with E-state index in [0.29, 0.717) is 0 Å². The minimum atomic E-state index is -5.17. The smallest absolute Gasteiger partial charge is 0.759 e. The van der Waals surface area contributed by atoms with Crippen LogP contribution >= 0.6 is 0 Å². The van der Waals surface area contributed by atoms with Crippen LogP contribution in [0.3, 0.4) is 0 Å². The van der Waals surface area contributed by atoms with Crippen molar-refractivity contribution in [2.75, 3.05) is 0 Å². The zero-order valence-electron chi connectivity index (χ0n) is 3.25. The average Bonchev–Trinajstić information content (AvgIpc) is 0.722. The van der Waals surface area contributed by atoms with Gasteiger partial charge in [-0.25, -0.2) is 0 Å². The van der Waals surface area contributed by atoms with Crippen molar-refractivity contribution >= 4 is 33.5 Å². The normalized spacial score (nSPS) is 8.29. The Hall–Kier alpha value is 2.01. The van der Waals surface area contributed by atoms with Gasteiger partial charge in [-0.2, -0.15) is 0 Å². The van der Waals surface area contributed by atoms with Crippen LogP contribution in [-0.2, 0) is 10.4 Å². The molecule has 0 aliphatic rings. The van der Waals surface area contributed by atoms with E-state index in [4.69, 9.17) is 17.5 Å². The van der Waals surface area contributed by atoms with E-state index in [-0.39, 0.29) is 64.8 Å². The molecule has 0 fully saturated rings. The molecule has 0 saturated carbocycles. The topological polar surface area (TPSA) is 80.3 Å². The Morgan fingerprint density at radius 1 is 1.14 bits per heavy atom. The molecule has 33 valence electrons. The van der Waals surface area contributed by atoms with Crippen molar-refractivity contribution in [2.24, 2.45) is 0 Å². The summed E-state index contributed by atoms with van der Waals surface area (Å²) < 4.78 is 34.1. The van der Waals surface area contributed by atoms with E-state index in [1.54, 1.807) is 0 Å². The van der Waals surface area contributed by atoms with Crippen molar-refractivity contribution in [2.45, 2.75) is 0 Å². The first-order valence-electron chi connectivity index (χ1n) is 0.667. The molecule has 0 unspecified atom stereocenters. The molecule has 0 spiro atoms. The van der Waals surface area contributed by atoms with Crippen molar-refractivity contribution in [1.29, 1.82) is 0 Å². The number of hydrogen-bond donors (Lipinski definition) is 0. The summed E-state index contributed by atoms with van der Waals surface area (Å²) in [6.07, 6.45) is 0. The Labute approximate surface area is 91.2 Å². The van der Waals surface area contributed by atoms with E-state index in [1.807, 2.05) is 0 Å². The van der Waals surface area contributed by atoms with Crippen LogP contribution < -0.4 is 0 Å². The molecule has 0 aromatic carbocycles. The van der Waals surface area contributed by atoms with Crippen molar-refractivity contribution in [1.82, 2.24) is 0 Å². The van der Waals surface area contributed by atoms with Crippen LogP contribution in [0.4, 0.5) is 0 Å². The predicted molar refractivity (Wildman–Crippen MR) is 16.2 cm³/mol. The molecule has 0 heterocycles. The Bertz CT molecular complexity index is 94.9. The second-order valence-electron chi connectivity index (χ2n) is 0.408. The monoisotopic (exact) mass is 260 g/mol. The molecule has 7 heteroatoms. The van der Waals surface area contributed by atoms with Gasteiger partial charge in [-0.05, 0) is 0 Å². The van der Waals surface area contributed by atoms with E-state index in [0.717, 1.165) is 0 Å². The third kappa shape index (κ3) is 71.5. The maximum absolute atomic E-state index is 8.52. The van der Waals surface area contributed by atoms with Crippen molar-refractivity contribution in [3.05, 3.63) is 0 Å². The van der Waals surface area contributed by atoms with Gasteiger partial charge in [-0.1, -0.05) is 0 Å². The summed E-state index contributed by atoms with van der Waals surface area (Å²) in [5, 5.41) is 0. The van der Waals surface area contributed by atoms with Crippen LogP contribution in [0.25, 0.3) is 0 Å². The molecule has 0 atom stereocenters. The van der Waals surface area contributed by atoms with Crippen LogP contribution in [0.15, 0.2) is 0 Å². The van der Waals surface area contributed by atoms with Crippen molar-refractivity contribution in [3.63, 3.8) is 0 Å². The molecule has 0 N–H and O–H groups in total. The summed E-state index contributed by atoms with van der Waals surface area (Å²) in [6, 6.07) is 0. The van der Waals surface area contributed by atoms with Gasteiger partial charge >= 0.3 is 64.8 Å². The van der Waals surface area contributed by atoms with Crippen molar-refractivity contribution in [3.8, 4) is 0 Å². The Balaban J connectivity index is -0.0000000800. The second-order valence-corrected chi connectivity index (χ2v) is 1.22. The predicted octanol–water partition coefficient (Wildman–Crippen LogP) is -1.72. The molecular formula is CeMgO4S+3. The van der Waals surface area contributed by atoms with Gasteiger partial charge in [0, 0.05) is 10.4 Å². The van der Waals surface area contributed by atoms with Crippen LogP contribution in [0.5, 0.6) is 0 Å². The fourth-order valence-electron chi connectivity index (χ4n) is 0. The zero-order valence-corrected chi connectivity index (χ0v) is 8.62. The molecule has 0 aromatic heterocycles. The van der Waals surface area contributed by atoms with E-state index in [2.05, 4.69) is 0 Å². The van der Waals surface area contributed by atoms with Gasteiger partial charge in [0.2, 0.25) is 0 Å². The molecule has 0 bridgehead atoms. The fraction of sp³-hybridized carbons (Fsp3) is 0. The quantitative estimate of drug-likeness (QED) is 0.295. The van der Waals surface area contributed by atoms with Crippen molar-refractivity contribution < 1.29 is 59.3 Å². The van der Waals surface area contributed by atoms with Gasteiger partial charge in [0.05, 0.1) is 0 Å². The molecule has 0 saturated heterocycles. The SMILES string of the molecule is O=S(=O)([O-])[O-].[Ce+3].[Mg+2]. The summed E-state index contributed by atoms with van der Waals surface area (Å²) in [6.45, 7) is 0. The first-order valence-corrected chi connectivity index (χ1v) is 2.00. The maximum Gasteiger partial charge on any atom is 3.00 e. The summed E-state index contributed by atoms with van der Waals surface area (Å²) >= 11 is 0. The summed E-state index contributed by atoms with van der Waals surface area (Å²) in [5.74, 6) is 0. The molecule has 7 heavy (non-hydrogen) atoms. The van der Waals surface area contributed by atoms with Crippen LogP contribution in [-0.4, -0.2) is 40.6 Å². The molecular weight excluding hydrogens is 260 g/mol. The first kappa shape index (κ1) is 16.0. The van der Waals surface area contributed by atoms with Crippen LogP contribution in [0.2, 0.25) is 0 Å². The minimum Gasteiger partial charge on any atom is -0.759 e. The largest absolute Gasteiger partial charge is 3.00 e. The van der Waals surface area contributed by atoms with E-state index in [9.17, 15) is 0 Å². The van der Waals surface area contributed by atoms with Gasteiger partial charge in [0.15, 0.2) is 0 Å². The Kier molecular flexibility index (Phi) is 14.0. The number of hydrogen-bond acceptors (Lipinski definition) is 4. The standard InChI is InChI=1S/Ce.Mg.H2O4S/c;;1-5(2,3)4/h;;(H2,1,2,3,4)/q+3;+2;/p-2. The third-order valence-electron chi connectivity index (χ3n) is 0. The van der Waals surface area contributed by atoms with E-state index in [1.165, 1.54) is 0 Å². The van der Waals surface area contributed by atoms with Gasteiger partial charge in [-0.3, -0.25) is 8.42 Å². The summed E-state index contributed by atoms with van der Waals surface area (Å²) in [7, 11) is -5.17. The molecule has 4 nitrogen and oxygen atoms in total. The summed E-state index contributed by atoms with van der Waals surface area (Å²) in [4.78, 5) is 0. The first-order chi connectivity index (χ1) is 2.00. The molecule has 0 rings (SSSR count). The minimum absolute atomic E-state index is 0. The number of rotatable bonds is 0. The van der Waals surface area contributed by atoms with Gasteiger partial charge in [-0.15, -0.1) is 0 Å². The zero-order chi connectivity index (χ0) is 4.50. The maximum atomic E-state index is 8.52. The van der Waals surface area contributed by atoms with E-state index < -0.39 is 10.4 Å². The fourth-order valence-corrected chi connectivity index (χ4v) is 0. The van der Waals surface area contributed by atoms with Gasteiger partial charge < -0.3 is 9.11 Å². The molecule has 0 aliphatic carbocycles. The molecule has 0 amide bonds. The van der Waals surface area contributed by atoms with Gasteiger partial charge in [0.25, 0.3) is 0 Å². The second kappa shape index (κ2) is 6.14. The molecule has 1 radical (unpaired) electrons. The molecule has 0 aliphatic heterocycles. The Morgan fingerprint density at radius 2 is 1.14 bits per heavy atom. The van der Waals surface area contributed by atoms with Crippen LogP contribution in [0.1, 0.15) is 0 Å². The van der Waals surface area contributed by atoms with Crippen LogP contribution in [0, 0.1) is 41.7 Å². The van der Waals surface area contributed by atoms with Gasteiger partial charge in [0.1, 0.15) is 0 Å². The Morgan fingerprint density at radius 3 is 1.14 bits per heavy atom. The average molecular weight is 260 g/mol. The third-order valence-corrected chi connectivity index (χ3v) is 0. The summed E-state index contributed by atoms with van der Waals surface area (Å²) in [5.41, 5.74) is 0. The molecule has 0 aromatic rings. The van der Waals surface area contributed by atoms with E-state index >= 15 is 0 Å².